The minimum Gasteiger partial charge on any atom is -0.356 e. The van der Waals surface area contributed by atoms with Crippen LogP contribution in [0.4, 0.5) is 5.82 Å². The van der Waals surface area contributed by atoms with E-state index in [9.17, 15) is 0 Å². The molecular weight excluding hydrogens is 238 g/mol. The number of hydrogen-bond donors (Lipinski definition) is 0. The van der Waals surface area contributed by atoms with E-state index in [4.69, 9.17) is 0 Å². The first-order chi connectivity index (χ1) is 9.29. The summed E-state index contributed by atoms with van der Waals surface area (Å²) in [5.41, 5.74) is 1.02. The molecule has 2 saturated carbocycles. The lowest BCUT2D eigenvalue weighted by molar-refractivity contribution is 0.659. The van der Waals surface area contributed by atoms with Gasteiger partial charge in [0.2, 0.25) is 0 Å². The molecule has 0 aromatic carbocycles. The highest BCUT2D eigenvalue weighted by Crippen LogP contribution is 2.35. The summed E-state index contributed by atoms with van der Waals surface area (Å²) in [6.07, 6.45) is 7.12. The molecule has 0 N–H and O–H groups in total. The van der Waals surface area contributed by atoms with E-state index in [-0.39, 0.29) is 0 Å². The first-order valence-corrected chi connectivity index (χ1v) is 7.22. The van der Waals surface area contributed by atoms with Crippen molar-refractivity contribution in [3.05, 3.63) is 18.1 Å². The van der Waals surface area contributed by atoms with Gasteiger partial charge in [-0.25, -0.2) is 4.98 Å². The Bertz CT molecular complexity index is 583. The smallest absolute Gasteiger partial charge is 0.254 e. The number of rotatable bonds is 5. The van der Waals surface area contributed by atoms with Gasteiger partial charge in [0.05, 0.1) is 0 Å². The SMILES string of the molecule is Cc1cc(N(CC2CC2)CC2CC2)n2ncnc2n1. The topological polar surface area (TPSA) is 46.3 Å². The van der Waals surface area contributed by atoms with Crippen LogP contribution in [0.1, 0.15) is 31.4 Å². The molecule has 0 radical (unpaired) electrons. The van der Waals surface area contributed by atoms with Gasteiger partial charge in [0.1, 0.15) is 12.1 Å². The van der Waals surface area contributed by atoms with Crippen LogP contribution in [0.25, 0.3) is 5.78 Å². The fraction of sp³-hybridized carbons (Fsp3) is 0.643. The zero-order chi connectivity index (χ0) is 12.8. The first-order valence-electron chi connectivity index (χ1n) is 7.22. The minimum atomic E-state index is 0.714. The van der Waals surface area contributed by atoms with Crippen molar-refractivity contribution in [2.24, 2.45) is 11.8 Å². The van der Waals surface area contributed by atoms with Gasteiger partial charge in [-0.3, -0.25) is 0 Å². The molecule has 0 saturated heterocycles. The maximum atomic E-state index is 4.43. The average Bonchev–Trinajstić information content (AvgIpc) is 3.30. The Hall–Kier alpha value is -1.65. The maximum Gasteiger partial charge on any atom is 0.254 e. The molecule has 5 heteroatoms. The lowest BCUT2D eigenvalue weighted by Crippen LogP contribution is -2.30. The fourth-order valence-corrected chi connectivity index (χ4v) is 2.62. The third-order valence-corrected chi connectivity index (χ3v) is 4.04. The Morgan fingerprint density at radius 1 is 1.21 bits per heavy atom. The van der Waals surface area contributed by atoms with Crippen molar-refractivity contribution in [3.63, 3.8) is 0 Å². The summed E-state index contributed by atoms with van der Waals surface area (Å²) >= 11 is 0. The highest BCUT2D eigenvalue weighted by molar-refractivity contribution is 5.47. The van der Waals surface area contributed by atoms with Gasteiger partial charge in [-0.1, -0.05) is 0 Å². The first kappa shape index (κ1) is 11.2. The summed E-state index contributed by atoms with van der Waals surface area (Å²) in [5.74, 6) is 3.64. The number of aromatic nitrogens is 4. The second-order valence-corrected chi connectivity index (χ2v) is 6.02. The van der Waals surface area contributed by atoms with Gasteiger partial charge >= 0.3 is 0 Å². The van der Waals surface area contributed by atoms with Crippen LogP contribution in [0, 0.1) is 18.8 Å². The van der Waals surface area contributed by atoms with Gasteiger partial charge in [-0.05, 0) is 44.4 Å². The van der Waals surface area contributed by atoms with Crippen LogP contribution >= 0.6 is 0 Å². The molecule has 2 aromatic heterocycles. The molecule has 4 rings (SSSR count). The highest BCUT2D eigenvalue weighted by atomic mass is 15.4. The molecule has 19 heavy (non-hydrogen) atoms. The minimum absolute atomic E-state index is 0.714. The molecule has 2 fully saturated rings. The zero-order valence-corrected chi connectivity index (χ0v) is 11.3. The van der Waals surface area contributed by atoms with E-state index in [1.54, 1.807) is 6.33 Å². The Balaban J connectivity index is 1.72. The molecule has 0 amide bonds. The second-order valence-electron chi connectivity index (χ2n) is 6.02. The van der Waals surface area contributed by atoms with Crippen LogP contribution in [-0.4, -0.2) is 32.7 Å². The van der Waals surface area contributed by atoms with Crippen molar-refractivity contribution in [2.75, 3.05) is 18.0 Å². The number of aryl methyl sites for hydroxylation is 1. The van der Waals surface area contributed by atoms with Crippen LogP contribution in [0.15, 0.2) is 12.4 Å². The molecule has 0 bridgehead atoms. The monoisotopic (exact) mass is 257 g/mol. The molecule has 5 nitrogen and oxygen atoms in total. The Morgan fingerprint density at radius 2 is 1.89 bits per heavy atom. The molecule has 0 aliphatic heterocycles. The van der Waals surface area contributed by atoms with Crippen LogP contribution in [0.3, 0.4) is 0 Å². The van der Waals surface area contributed by atoms with Crippen LogP contribution < -0.4 is 4.90 Å². The van der Waals surface area contributed by atoms with Crippen molar-refractivity contribution < 1.29 is 0 Å². The van der Waals surface area contributed by atoms with Crippen molar-refractivity contribution >= 4 is 11.6 Å². The van der Waals surface area contributed by atoms with E-state index in [1.807, 2.05) is 11.4 Å². The molecule has 2 aliphatic carbocycles. The van der Waals surface area contributed by atoms with Crippen LogP contribution in [0.5, 0.6) is 0 Å². The summed E-state index contributed by atoms with van der Waals surface area (Å²) in [6, 6.07) is 2.15. The Labute approximate surface area is 112 Å². The normalized spacial score (nSPS) is 19.0. The van der Waals surface area contributed by atoms with E-state index < -0.39 is 0 Å². The number of hydrogen-bond acceptors (Lipinski definition) is 4. The lowest BCUT2D eigenvalue weighted by atomic mass is 10.3. The van der Waals surface area contributed by atoms with E-state index in [0.717, 1.165) is 30.6 Å². The number of nitrogens with zero attached hydrogens (tertiary/aromatic N) is 5. The average molecular weight is 257 g/mol. The van der Waals surface area contributed by atoms with E-state index in [0.29, 0.717) is 5.78 Å². The highest BCUT2D eigenvalue weighted by Gasteiger charge is 2.30. The number of fused-ring (bicyclic) bond motifs is 1. The van der Waals surface area contributed by atoms with E-state index in [1.165, 1.54) is 31.5 Å². The van der Waals surface area contributed by atoms with Crippen molar-refractivity contribution in [1.29, 1.82) is 0 Å². The van der Waals surface area contributed by atoms with Crippen molar-refractivity contribution in [3.8, 4) is 0 Å². The molecule has 2 aliphatic rings. The maximum absolute atomic E-state index is 4.43. The Kier molecular flexibility index (Phi) is 2.47. The summed E-state index contributed by atoms with van der Waals surface area (Å²) < 4.78 is 1.89. The van der Waals surface area contributed by atoms with Gasteiger partial charge in [-0.15, -0.1) is 0 Å². The zero-order valence-electron chi connectivity index (χ0n) is 11.3. The largest absolute Gasteiger partial charge is 0.356 e. The summed E-state index contributed by atoms with van der Waals surface area (Å²) in [7, 11) is 0. The summed E-state index contributed by atoms with van der Waals surface area (Å²) in [6.45, 7) is 4.36. The molecule has 100 valence electrons. The predicted octanol–water partition coefficient (Wildman–Crippen LogP) is 2.06. The molecule has 2 aromatic rings. The quantitative estimate of drug-likeness (QED) is 0.822. The summed E-state index contributed by atoms with van der Waals surface area (Å²) in [5, 5.41) is 4.34. The van der Waals surface area contributed by atoms with Gasteiger partial charge in [-0.2, -0.15) is 14.6 Å². The van der Waals surface area contributed by atoms with Gasteiger partial charge in [0, 0.05) is 24.8 Å². The summed E-state index contributed by atoms with van der Waals surface area (Å²) in [4.78, 5) is 11.2. The Morgan fingerprint density at radius 3 is 2.53 bits per heavy atom. The van der Waals surface area contributed by atoms with Crippen LogP contribution in [-0.2, 0) is 0 Å². The van der Waals surface area contributed by atoms with E-state index >= 15 is 0 Å². The molecule has 0 spiro atoms. The van der Waals surface area contributed by atoms with Gasteiger partial charge in [0.15, 0.2) is 0 Å². The fourth-order valence-electron chi connectivity index (χ4n) is 2.62. The van der Waals surface area contributed by atoms with Crippen molar-refractivity contribution in [2.45, 2.75) is 32.6 Å². The third kappa shape index (κ3) is 2.29. The lowest BCUT2D eigenvalue weighted by Gasteiger charge is -2.25. The van der Waals surface area contributed by atoms with Crippen molar-refractivity contribution in [1.82, 2.24) is 19.6 Å². The molecule has 0 atom stereocenters. The molecular formula is C14H19N5. The third-order valence-electron chi connectivity index (χ3n) is 4.04. The van der Waals surface area contributed by atoms with Gasteiger partial charge < -0.3 is 4.90 Å². The van der Waals surface area contributed by atoms with Gasteiger partial charge in [0.25, 0.3) is 5.78 Å². The molecule has 0 unspecified atom stereocenters. The van der Waals surface area contributed by atoms with Crippen LogP contribution in [0.2, 0.25) is 0 Å². The standard InChI is InChI=1S/C14H19N5/c1-10-6-13(19-14(17-10)15-9-16-19)18(7-11-2-3-11)8-12-4-5-12/h6,9,11-12H,2-5,7-8H2,1H3. The second kappa shape index (κ2) is 4.18. The van der Waals surface area contributed by atoms with E-state index in [2.05, 4.69) is 26.0 Å². The predicted molar refractivity (Wildman–Crippen MR) is 73.2 cm³/mol. The molecule has 2 heterocycles. The number of anilines is 1.